The van der Waals surface area contributed by atoms with Gasteiger partial charge in [0.2, 0.25) is 0 Å². The first-order valence-electron chi connectivity index (χ1n) is 13.5. The van der Waals surface area contributed by atoms with Crippen molar-refractivity contribution >= 4 is 63.0 Å². The predicted molar refractivity (Wildman–Crippen MR) is 177 cm³/mol. The van der Waals surface area contributed by atoms with E-state index in [2.05, 4.69) is 68.5 Å². The van der Waals surface area contributed by atoms with E-state index in [1.807, 2.05) is 97.1 Å². The fourth-order valence-electron chi connectivity index (χ4n) is 4.83. The quantitative estimate of drug-likeness (QED) is 0.170. The van der Waals surface area contributed by atoms with E-state index in [1.54, 1.807) is 0 Å². The van der Waals surface area contributed by atoms with Crippen LogP contribution >= 0.6 is 19.4 Å². The van der Waals surface area contributed by atoms with E-state index < -0.39 is 0 Å². The van der Waals surface area contributed by atoms with E-state index in [1.165, 1.54) is 0 Å². The zero-order chi connectivity index (χ0) is 29.4. The number of pyridine rings is 4. The van der Waals surface area contributed by atoms with Crippen molar-refractivity contribution in [3.8, 4) is 22.8 Å². The second kappa shape index (κ2) is 13.8. The fourth-order valence-corrected chi connectivity index (χ4v) is 4.83. The molecule has 7 heteroatoms. The maximum atomic E-state index is 4.83. The molecule has 4 aromatic heterocycles. The molecule has 0 radical (unpaired) electrons. The van der Waals surface area contributed by atoms with Crippen LogP contribution in [0.5, 0.6) is 0 Å². The second-order valence-electron chi connectivity index (χ2n) is 9.60. The summed E-state index contributed by atoms with van der Waals surface area (Å²) in [7, 11) is 9.67. The summed E-state index contributed by atoms with van der Waals surface area (Å²) in [5, 5.41) is 4.60. The molecule has 0 aliphatic rings. The number of halogens is 2. The average Bonchev–Trinajstić information content (AvgIpc) is 3.08. The van der Waals surface area contributed by atoms with Crippen molar-refractivity contribution in [1.82, 2.24) is 19.9 Å². The van der Waals surface area contributed by atoms with E-state index in [0.717, 1.165) is 66.4 Å². The molecule has 4 heterocycles. The van der Waals surface area contributed by atoms with Crippen molar-refractivity contribution in [2.45, 2.75) is 0 Å². The van der Waals surface area contributed by atoms with Crippen molar-refractivity contribution in [2.75, 3.05) is 0 Å². The number of rotatable bonds is 2. The van der Waals surface area contributed by atoms with Crippen LogP contribution in [0, 0.1) is 0 Å². The summed E-state index contributed by atoms with van der Waals surface area (Å²) in [5.41, 5.74) is 7.65. The molecule has 0 aliphatic carbocycles. The number of para-hydroxylation sites is 4. The van der Waals surface area contributed by atoms with Gasteiger partial charge in [-0.2, -0.15) is 0 Å². The van der Waals surface area contributed by atoms with Gasteiger partial charge in [-0.05, 0) is 48.5 Å². The van der Waals surface area contributed by atoms with Crippen LogP contribution in [0.3, 0.4) is 0 Å². The molecule has 0 aliphatic heterocycles. The van der Waals surface area contributed by atoms with Crippen molar-refractivity contribution in [2.24, 2.45) is 0 Å². The molecule has 0 unspecified atom stereocenters. The molecule has 43 heavy (non-hydrogen) atoms. The largest absolute Gasteiger partial charge is 0.246 e. The molecule has 0 saturated heterocycles. The molecule has 210 valence electrons. The first-order chi connectivity index (χ1) is 21.2. The Bertz CT molecular complexity index is 1860. The minimum atomic E-state index is -0.226. The molecular weight excluding hydrogens is 662 g/mol. The molecule has 0 N–H and O–H groups in total. The van der Waals surface area contributed by atoms with Gasteiger partial charge >= 0.3 is 34.5 Å². The maximum Gasteiger partial charge on any atom is 0.0894 e. The molecule has 8 aromatic rings. The third kappa shape index (κ3) is 6.87. The molecule has 8 rings (SSSR count). The Morgan fingerprint density at radius 2 is 0.512 bits per heavy atom. The zero-order valence-corrected chi connectivity index (χ0v) is 25.9. The van der Waals surface area contributed by atoms with Gasteiger partial charge in [0.1, 0.15) is 0 Å². The predicted octanol–water partition coefficient (Wildman–Crippen LogP) is 10.3. The van der Waals surface area contributed by atoms with Crippen LogP contribution in [0.4, 0.5) is 0 Å². The normalized spacial score (nSPS) is 10.7. The van der Waals surface area contributed by atoms with Crippen LogP contribution in [0.2, 0.25) is 0 Å². The number of fused-ring (bicyclic) bond motifs is 4. The number of hydrogen-bond acceptors (Lipinski definition) is 4. The summed E-state index contributed by atoms with van der Waals surface area (Å²) in [6.45, 7) is 0. The van der Waals surface area contributed by atoms with Gasteiger partial charge in [-0.15, -0.1) is 0 Å². The maximum absolute atomic E-state index is 4.83. The summed E-state index contributed by atoms with van der Waals surface area (Å²) < 4.78 is 0. The molecular formula is C36H24Cl2N4Rh+. The fraction of sp³-hybridized carbons (Fsp3) is 0. The Morgan fingerprint density at radius 1 is 0.302 bits per heavy atom. The van der Waals surface area contributed by atoms with Crippen LogP contribution in [0.15, 0.2) is 146 Å². The van der Waals surface area contributed by atoms with Crippen LogP contribution in [-0.2, 0) is 15.1 Å². The summed E-state index contributed by atoms with van der Waals surface area (Å²) in [5.74, 6) is 0. The number of benzene rings is 4. The Kier molecular flexibility index (Phi) is 9.25. The van der Waals surface area contributed by atoms with Gasteiger partial charge in [0.15, 0.2) is 0 Å². The minimum absolute atomic E-state index is 0.226. The average molecular weight is 686 g/mol. The Labute approximate surface area is 265 Å². The van der Waals surface area contributed by atoms with E-state index in [4.69, 9.17) is 19.4 Å². The molecule has 0 amide bonds. The van der Waals surface area contributed by atoms with Crippen LogP contribution < -0.4 is 0 Å². The summed E-state index contributed by atoms with van der Waals surface area (Å²) in [6, 6.07) is 49.0. The number of aromatic nitrogens is 4. The molecule has 0 atom stereocenters. The molecule has 0 bridgehead atoms. The van der Waals surface area contributed by atoms with Crippen molar-refractivity contribution < 1.29 is 15.1 Å². The smallest absolute Gasteiger partial charge is 0.0894 e. The molecule has 4 aromatic carbocycles. The molecule has 0 saturated carbocycles. The molecule has 4 nitrogen and oxygen atoms in total. The van der Waals surface area contributed by atoms with Crippen LogP contribution in [0.25, 0.3) is 66.4 Å². The van der Waals surface area contributed by atoms with E-state index in [0.29, 0.717) is 0 Å². The van der Waals surface area contributed by atoms with Crippen molar-refractivity contribution in [3.05, 3.63) is 146 Å². The summed E-state index contributed by atoms with van der Waals surface area (Å²) in [4.78, 5) is 18.8. The third-order valence-corrected chi connectivity index (χ3v) is 6.92. The first-order valence-corrected chi connectivity index (χ1v) is 17.7. The molecule has 0 spiro atoms. The van der Waals surface area contributed by atoms with E-state index >= 15 is 0 Å². The summed E-state index contributed by atoms with van der Waals surface area (Å²) >= 11 is -0.226. The van der Waals surface area contributed by atoms with Crippen molar-refractivity contribution in [3.63, 3.8) is 0 Å². The van der Waals surface area contributed by atoms with Crippen LogP contribution in [-0.4, -0.2) is 19.9 Å². The Morgan fingerprint density at radius 3 is 0.744 bits per heavy atom. The SMILES string of the molecule is [Cl][Rh+][Cl].c1ccc2nc(-c3ccc4ccccc4n3)ccc2c1.c1ccc2nc(-c3ccc4ccccc4n3)ccc2c1. The van der Waals surface area contributed by atoms with Gasteiger partial charge in [-0.1, -0.05) is 97.1 Å². The van der Waals surface area contributed by atoms with Gasteiger partial charge in [-0.25, -0.2) is 19.9 Å². The van der Waals surface area contributed by atoms with Gasteiger partial charge in [0, 0.05) is 21.5 Å². The monoisotopic (exact) mass is 685 g/mol. The molecule has 0 fully saturated rings. The van der Waals surface area contributed by atoms with Gasteiger partial charge in [-0.3, -0.25) is 0 Å². The minimum Gasteiger partial charge on any atom is -0.246 e. The summed E-state index contributed by atoms with van der Waals surface area (Å²) in [6.07, 6.45) is 0. The van der Waals surface area contributed by atoms with Crippen LogP contribution in [0.1, 0.15) is 0 Å². The topological polar surface area (TPSA) is 51.6 Å². The number of hydrogen-bond donors (Lipinski definition) is 0. The van der Waals surface area contributed by atoms with Gasteiger partial charge in [0.25, 0.3) is 0 Å². The Hall–Kier alpha value is -4.28. The first kappa shape index (κ1) is 28.8. The van der Waals surface area contributed by atoms with Gasteiger partial charge in [0.05, 0.1) is 44.8 Å². The van der Waals surface area contributed by atoms with Crippen molar-refractivity contribution in [1.29, 1.82) is 0 Å². The van der Waals surface area contributed by atoms with E-state index in [-0.39, 0.29) is 15.1 Å². The van der Waals surface area contributed by atoms with E-state index in [9.17, 15) is 0 Å². The van der Waals surface area contributed by atoms with Gasteiger partial charge < -0.3 is 0 Å². The number of nitrogens with zero attached hydrogens (tertiary/aromatic N) is 4. The second-order valence-corrected chi connectivity index (χ2v) is 12.1. The Balaban J connectivity index is 0.000000141. The standard InChI is InChI=1S/2C18H12N2.2ClH.Rh/c2*1-3-7-15-13(5-1)9-11-17(19-15)18-12-10-14-6-2-4-8-16(14)20-18;;;/h2*1-12H;2*1H;/q;;;;+3/p-2. The zero-order valence-electron chi connectivity index (χ0n) is 22.7. The third-order valence-electron chi connectivity index (χ3n) is 6.92.